The first kappa shape index (κ1) is 48.6. The minimum Gasteiger partial charge on any atom is -0.344 e. The van der Waals surface area contributed by atoms with Crippen LogP contribution in [0.4, 0.5) is 16.2 Å². The summed E-state index contributed by atoms with van der Waals surface area (Å²) in [7, 11) is -8.28. The van der Waals surface area contributed by atoms with Gasteiger partial charge in [-0.3, -0.25) is 28.5 Å². The summed E-state index contributed by atoms with van der Waals surface area (Å²) in [5.74, 6) is -2.00. The van der Waals surface area contributed by atoms with Crippen molar-refractivity contribution in [3.63, 3.8) is 0 Å². The van der Waals surface area contributed by atoms with Gasteiger partial charge in [0.2, 0.25) is 0 Å². The number of rotatable bonds is 14. The third kappa shape index (κ3) is 8.97. The molecule has 0 spiro atoms. The highest BCUT2D eigenvalue weighted by molar-refractivity contribution is 7.86. The van der Waals surface area contributed by atoms with Gasteiger partial charge in [-0.2, -0.15) is 16.8 Å². The number of benzene rings is 4. The lowest BCUT2D eigenvalue weighted by atomic mass is 9.81. The highest BCUT2D eigenvalue weighted by Gasteiger charge is 2.46. The Labute approximate surface area is 399 Å². The summed E-state index contributed by atoms with van der Waals surface area (Å²) in [5.41, 5.74) is 6.96. The molecule has 8 rings (SSSR count). The van der Waals surface area contributed by atoms with Crippen LogP contribution in [0.5, 0.6) is 0 Å². The van der Waals surface area contributed by atoms with Crippen LogP contribution in [0.15, 0.2) is 131 Å². The second kappa shape index (κ2) is 18.6. The summed E-state index contributed by atoms with van der Waals surface area (Å²) in [6.07, 6.45) is 10.5. The first-order valence-corrected chi connectivity index (χ1v) is 26.7. The molecule has 0 radical (unpaired) electrons. The number of carbonyl (C=O) groups excluding carboxylic acids is 3. The average molecular weight is 961 g/mol. The zero-order valence-corrected chi connectivity index (χ0v) is 41.2. The smallest absolute Gasteiger partial charge is 0.333 e. The Morgan fingerprint density at radius 3 is 1.31 bits per heavy atom. The maximum absolute atomic E-state index is 14.5. The Bertz CT molecular complexity index is 2940. The SMILES string of the molecule is CCN1C(=O)C(=C2C(=CC=C3N(CCCCS(=O)(=O)O)c4ccc5ccccc5c4C3(C)C)CCC2=CC=C2N(CCCCS(=O)(=O)O)c3ccc4ccccc4c3C2(C)C)C(=O)N(CC)C1=O. The standard InChI is InChI=1S/C53H60N4O9S2/c1-7-54-49(58)46(50(59)55(8-2)51(54)60)45-37(25-29-43-52(3,4)47-39-19-11-9-17-35(39)23-27-41(47)56(43)31-13-15-33-67(61,62)63)21-22-38(45)26-30-44-53(5,6)48-40-20-12-10-18-36(40)24-28-42(48)57(44)32-14-16-34-68(64,65)66/h9-12,17-20,23-30H,7-8,13-16,21-22,31-34H2,1-6H3,(H,61,62,63)(H,64,65,66). The Kier molecular flexibility index (Phi) is 13.3. The van der Waals surface area contributed by atoms with E-state index in [2.05, 4.69) is 86.0 Å². The van der Waals surface area contributed by atoms with E-state index < -0.39 is 48.9 Å². The molecular formula is C53H60N4O9S2. The van der Waals surface area contributed by atoms with Gasteiger partial charge < -0.3 is 9.80 Å². The zero-order chi connectivity index (χ0) is 48.9. The van der Waals surface area contributed by atoms with E-state index in [4.69, 9.17) is 0 Å². The first-order valence-electron chi connectivity index (χ1n) is 23.4. The number of amides is 4. The van der Waals surface area contributed by atoms with Crippen molar-refractivity contribution in [2.75, 3.05) is 47.5 Å². The highest BCUT2D eigenvalue weighted by atomic mass is 32.2. The van der Waals surface area contributed by atoms with E-state index in [9.17, 15) is 40.3 Å². The van der Waals surface area contributed by atoms with Crippen LogP contribution in [-0.2, 0) is 40.7 Å². The van der Waals surface area contributed by atoms with Gasteiger partial charge in [-0.1, -0.05) is 101 Å². The quantitative estimate of drug-likeness (QED) is 0.0533. The van der Waals surface area contributed by atoms with Crippen molar-refractivity contribution in [3.8, 4) is 0 Å². The first-order chi connectivity index (χ1) is 32.2. The van der Waals surface area contributed by atoms with Gasteiger partial charge in [-0.25, -0.2) is 4.79 Å². The summed E-state index contributed by atoms with van der Waals surface area (Å²) in [6, 6.07) is 24.1. The lowest BCUT2D eigenvalue weighted by Gasteiger charge is -2.33. The Hall–Kier alpha value is -5.87. The van der Waals surface area contributed by atoms with Gasteiger partial charge in [-0.05, 0) is 126 Å². The molecule has 15 heteroatoms. The van der Waals surface area contributed by atoms with Crippen LogP contribution in [0.1, 0.15) is 91.2 Å². The van der Waals surface area contributed by atoms with Gasteiger partial charge in [0.05, 0.1) is 11.5 Å². The summed E-state index contributed by atoms with van der Waals surface area (Å²) in [6.45, 7) is 13.1. The molecule has 4 aromatic rings. The highest BCUT2D eigenvalue weighted by Crippen LogP contribution is 2.53. The second-order valence-electron chi connectivity index (χ2n) is 19.0. The van der Waals surface area contributed by atoms with Crippen molar-refractivity contribution in [3.05, 3.63) is 142 Å². The fraction of sp³-hybridized carbons (Fsp3) is 0.377. The molecule has 4 amide bonds. The van der Waals surface area contributed by atoms with Crippen molar-refractivity contribution >= 4 is 71.0 Å². The number of carbonyl (C=O) groups is 3. The normalized spacial score (nSPS) is 20.7. The number of fused-ring (bicyclic) bond motifs is 6. The summed E-state index contributed by atoms with van der Waals surface area (Å²) in [4.78, 5) is 49.2. The molecule has 0 unspecified atom stereocenters. The van der Waals surface area contributed by atoms with Gasteiger partial charge in [0, 0.05) is 59.8 Å². The van der Waals surface area contributed by atoms with Crippen molar-refractivity contribution in [1.82, 2.24) is 9.80 Å². The number of likely N-dealkylation sites (N-methyl/N-ethyl adjacent to an activating group) is 2. The van der Waals surface area contributed by atoms with Gasteiger partial charge >= 0.3 is 6.03 Å². The van der Waals surface area contributed by atoms with Crippen LogP contribution < -0.4 is 9.80 Å². The number of unbranched alkanes of at least 4 members (excludes halogenated alkanes) is 2. The van der Waals surface area contributed by atoms with E-state index in [1.54, 1.807) is 13.8 Å². The lowest BCUT2D eigenvalue weighted by molar-refractivity contribution is -0.135. The topological polar surface area (TPSA) is 173 Å². The second-order valence-corrected chi connectivity index (χ2v) is 22.2. The molecule has 4 aliphatic rings. The monoisotopic (exact) mass is 960 g/mol. The molecule has 4 aromatic carbocycles. The van der Waals surface area contributed by atoms with Crippen LogP contribution >= 0.6 is 0 Å². The number of nitrogens with zero attached hydrogens (tertiary/aromatic N) is 4. The molecule has 2 N–H and O–H groups in total. The van der Waals surface area contributed by atoms with Crippen LogP contribution in [0.2, 0.25) is 0 Å². The number of anilines is 2. The predicted octanol–water partition coefficient (Wildman–Crippen LogP) is 9.77. The van der Waals surface area contributed by atoms with E-state index >= 15 is 0 Å². The maximum Gasteiger partial charge on any atom is 0.333 e. The number of hydrogen-bond donors (Lipinski definition) is 2. The minimum atomic E-state index is -4.14. The predicted molar refractivity (Wildman–Crippen MR) is 269 cm³/mol. The van der Waals surface area contributed by atoms with E-state index in [0.717, 1.165) is 76.4 Å². The average Bonchev–Trinajstić information content (AvgIpc) is 3.85. The Morgan fingerprint density at radius 1 is 0.529 bits per heavy atom. The van der Waals surface area contributed by atoms with Gasteiger partial charge in [0.15, 0.2) is 0 Å². The summed E-state index contributed by atoms with van der Waals surface area (Å²) < 4.78 is 65.7. The lowest BCUT2D eigenvalue weighted by Crippen LogP contribution is -2.56. The molecule has 3 aliphatic heterocycles. The molecule has 1 saturated heterocycles. The van der Waals surface area contributed by atoms with E-state index in [0.29, 0.717) is 44.3 Å². The van der Waals surface area contributed by atoms with Crippen LogP contribution in [0.3, 0.4) is 0 Å². The number of imide groups is 2. The van der Waals surface area contributed by atoms with Crippen LogP contribution in [-0.4, -0.2) is 91.3 Å². The van der Waals surface area contributed by atoms with Crippen LogP contribution in [0, 0.1) is 0 Å². The number of urea groups is 1. The van der Waals surface area contributed by atoms with E-state index in [1.807, 2.05) is 48.6 Å². The van der Waals surface area contributed by atoms with Gasteiger partial charge in [-0.15, -0.1) is 0 Å². The van der Waals surface area contributed by atoms with Crippen molar-refractivity contribution < 1.29 is 40.3 Å². The molecule has 3 heterocycles. The van der Waals surface area contributed by atoms with Gasteiger partial charge in [0.1, 0.15) is 5.57 Å². The molecular weight excluding hydrogens is 901 g/mol. The third-order valence-electron chi connectivity index (χ3n) is 14.0. The molecule has 1 saturated carbocycles. The zero-order valence-electron chi connectivity index (χ0n) is 39.6. The van der Waals surface area contributed by atoms with E-state index in [-0.39, 0.29) is 43.0 Å². The molecule has 0 atom stereocenters. The van der Waals surface area contributed by atoms with Crippen molar-refractivity contribution in [2.45, 2.75) is 90.9 Å². The molecule has 358 valence electrons. The third-order valence-corrected chi connectivity index (χ3v) is 15.6. The molecule has 0 bridgehead atoms. The molecule has 13 nitrogen and oxygen atoms in total. The van der Waals surface area contributed by atoms with E-state index in [1.165, 1.54) is 0 Å². The molecule has 0 aromatic heterocycles. The largest absolute Gasteiger partial charge is 0.344 e. The fourth-order valence-corrected chi connectivity index (χ4v) is 12.0. The van der Waals surface area contributed by atoms with Gasteiger partial charge in [0.25, 0.3) is 32.1 Å². The molecule has 2 fully saturated rings. The van der Waals surface area contributed by atoms with Crippen molar-refractivity contribution in [1.29, 1.82) is 0 Å². The van der Waals surface area contributed by atoms with Crippen LogP contribution in [0.25, 0.3) is 21.5 Å². The minimum absolute atomic E-state index is 0.0656. The summed E-state index contributed by atoms with van der Waals surface area (Å²) in [5, 5.41) is 4.35. The maximum atomic E-state index is 14.5. The Morgan fingerprint density at radius 2 is 0.926 bits per heavy atom. The molecule has 1 aliphatic carbocycles. The number of hydrogen-bond acceptors (Lipinski definition) is 9. The fourth-order valence-electron chi connectivity index (χ4n) is 10.9. The Balaban J connectivity index is 1.28. The summed E-state index contributed by atoms with van der Waals surface area (Å²) >= 11 is 0. The molecule has 68 heavy (non-hydrogen) atoms. The number of allylic oxidation sites excluding steroid dienone is 9. The number of barbiturate groups is 1. The van der Waals surface area contributed by atoms with Crippen molar-refractivity contribution in [2.24, 2.45) is 0 Å².